The average molecular weight is 229 g/mol. The first-order chi connectivity index (χ1) is 6.74. The Morgan fingerprint density at radius 1 is 1.13 bits per heavy atom. The lowest BCUT2D eigenvalue weighted by Crippen LogP contribution is -2.50. The summed E-state index contributed by atoms with van der Waals surface area (Å²) in [5.41, 5.74) is 6.13. The summed E-state index contributed by atoms with van der Waals surface area (Å²) in [4.78, 5) is 0. The minimum absolute atomic E-state index is 0.271. The average Bonchev–Trinajstić information content (AvgIpc) is 2.06. The Balaban J connectivity index is 2.59. The summed E-state index contributed by atoms with van der Waals surface area (Å²) in [6.45, 7) is 11.5. The lowest BCUT2D eigenvalue weighted by molar-refractivity contribution is 0.117. The summed E-state index contributed by atoms with van der Waals surface area (Å²) < 4.78 is 6.37. The molecule has 2 N–H and O–H groups in total. The van der Waals surface area contributed by atoms with Crippen molar-refractivity contribution in [2.75, 3.05) is 0 Å². The molecule has 0 radical (unpaired) electrons. The summed E-state index contributed by atoms with van der Waals surface area (Å²) >= 11 is 0. The van der Waals surface area contributed by atoms with Crippen LogP contribution in [0.15, 0.2) is 0 Å². The SMILES string of the molecule is CC(C)(C)[Si](C)(C)O[C@H]1CCCC[C@@H]1N. The predicted octanol–water partition coefficient (Wildman–Crippen LogP) is 3.28. The lowest BCUT2D eigenvalue weighted by Gasteiger charge is -2.42. The standard InChI is InChI=1S/C12H27NOSi/c1-12(2,3)15(4,5)14-11-9-7-6-8-10(11)13/h10-11H,6-9,13H2,1-5H3/t10-,11-/m0/s1. The molecule has 0 amide bonds. The van der Waals surface area contributed by atoms with Crippen molar-refractivity contribution in [1.82, 2.24) is 0 Å². The van der Waals surface area contributed by atoms with E-state index in [2.05, 4.69) is 33.9 Å². The van der Waals surface area contributed by atoms with E-state index in [0.29, 0.717) is 11.1 Å². The van der Waals surface area contributed by atoms with E-state index in [-0.39, 0.29) is 6.04 Å². The van der Waals surface area contributed by atoms with Crippen LogP contribution in [-0.2, 0) is 4.43 Å². The normalized spacial score (nSPS) is 29.2. The molecule has 90 valence electrons. The first-order valence-electron chi connectivity index (χ1n) is 6.17. The molecule has 0 aromatic heterocycles. The molecule has 1 aliphatic rings. The first-order valence-corrected chi connectivity index (χ1v) is 9.08. The van der Waals surface area contributed by atoms with E-state index in [1.165, 1.54) is 12.8 Å². The molecule has 0 spiro atoms. The van der Waals surface area contributed by atoms with Crippen LogP contribution in [0.2, 0.25) is 18.1 Å². The van der Waals surface area contributed by atoms with Crippen molar-refractivity contribution in [3.63, 3.8) is 0 Å². The van der Waals surface area contributed by atoms with Crippen molar-refractivity contribution < 1.29 is 4.43 Å². The zero-order valence-electron chi connectivity index (χ0n) is 11.0. The summed E-state index contributed by atoms with van der Waals surface area (Å²) in [7, 11) is -1.61. The Hall–Kier alpha value is 0.137. The van der Waals surface area contributed by atoms with Crippen molar-refractivity contribution in [2.45, 2.75) is 76.7 Å². The van der Waals surface area contributed by atoms with E-state index in [4.69, 9.17) is 10.2 Å². The van der Waals surface area contributed by atoms with E-state index in [1.54, 1.807) is 0 Å². The fourth-order valence-corrected chi connectivity index (χ4v) is 3.23. The second-order valence-corrected chi connectivity index (χ2v) is 11.1. The molecule has 0 bridgehead atoms. The Kier molecular flexibility index (Phi) is 4.01. The third-order valence-corrected chi connectivity index (χ3v) is 8.51. The van der Waals surface area contributed by atoms with Crippen LogP contribution >= 0.6 is 0 Å². The first kappa shape index (κ1) is 13.2. The highest BCUT2D eigenvalue weighted by Crippen LogP contribution is 2.38. The minimum atomic E-state index is -1.61. The molecule has 0 saturated heterocycles. The van der Waals surface area contributed by atoms with Gasteiger partial charge in [0.2, 0.25) is 0 Å². The summed E-state index contributed by atoms with van der Waals surface area (Å²) in [6, 6.07) is 0.271. The number of nitrogens with two attached hydrogens (primary N) is 1. The van der Waals surface area contributed by atoms with Crippen molar-refractivity contribution in [3.8, 4) is 0 Å². The predicted molar refractivity (Wildman–Crippen MR) is 68.5 cm³/mol. The monoisotopic (exact) mass is 229 g/mol. The Labute approximate surface area is 95.7 Å². The maximum Gasteiger partial charge on any atom is 0.192 e. The van der Waals surface area contributed by atoms with Gasteiger partial charge in [-0.2, -0.15) is 0 Å². The van der Waals surface area contributed by atoms with Crippen molar-refractivity contribution >= 4 is 8.32 Å². The largest absolute Gasteiger partial charge is 0.412 e. The van der Waals surface area contributed by atoms with E-state index < -0.39 is 8.32 Å². The van der Waals surface area contributed by atoms with Crippen molar-refractivity contribution in [3.05, 3.63) is 0 Å². The minimum Gasteiger partial charge on any atom is -0.412 e. The number of hydrogen-bond acceptors (Lipinski definition) is 2. The van der Waals surface area contributed by atoms with Gasteiger partial charge in [0.15, 0.2) is 8.32 Å². The molecule has 1 saturated carbocycles. The van der Waals surface area contributed by atoms with Gasteiger partial charge in [-0.3, -0.25) is 0 Å². The molecular weight excluding hydrogens is 202 g/mol. The molecule has 2 nitrogen and oxygen atoms in total. The number of hydrogen-bond donors (Lipinski definition) is 1. The van der Waals surface area contributed by atoms with Crippen molar-refractivity contribution in [1.29, 1.82) is 0 Å². The molecule has 3 heteroatoms. The maximum atomic E-state index is 6.37. The molecule has 1 aliphatic carbocycles. The Bertz CT molecular complexity index is 210. The zero-order chi connectivity index (χ0) is 11.7. The molecule has 0 unspecified atom stereocenters. The number of rotatable bonds is 2. The van der Waals surface area contributed by atoms with Crippen LogP contribution in [0.25, 0.3) is 0 Å². The van der Waals surface area contributed by atoms with Crippen LogP contribution in [0.4, 0.5) is 0 Å². The van der Waals surface area contributed by atoms with Crippen LogP contribution in [-0.4, -0.2) is 20.5 Å². The van der Waals surface area contributed by atoms with Crippen LogP contribution in [0.5, 0.6) is 0 Å². The van der Waals surface area contributed by atoms with Gasteiger partial charge >= 0.3 is 0 Å². The van der Waals surface area contributed by atoms with Crippen LogP contribution in [0.3, 0.4) is 0 Å². The zero-order valence-corrected chi connectivity index (χ0v) is 12.0. The molecular formula is C12H27NOSi. The van der Waals surface area contributed by atoms with Gasteiger partial charge in [-0.1, -0.05) is 33.6 Å². The molecule has 0 aromatic carbocycles. The second-order valence-electron chi connectivity index (χ2n) is 6.36. The van der Waals surface area contributed by atoms with Crippen LogP contribution in [0.1, 0.15) is 46.5 Å². The quantitative estimate of drug-likeness (QED) is 0.738. The van der Waals surface area contributed by atoms with E-state index in [0.717, 1.165) is 12.8 Å². The lowest BCUT2D eigenvalue weighted by atomic mass is 9.93. The van der Waals surface area contributed by atoms with E-state index in [9.17, 15) is 0 Å². The summed E-state index contributed by atoms with van der Waals surface area (Å²) in [5, 5.41) is 0.296. The van der Waals surface area contributed by atoms with E-state index in [1.807, 2.05) is 0 Å². The van der Waals surface area contributed by atoms with Gasteiger partial charge < -0.3 is 10.2 Å². The highest BCUT2D eigenvalue weighted by Gasteiger charge is 2.40. The molecule has 1 rings (SSSR count). The van der Waals surface area contributed by atoms with E-state index >= 15 is 0 Å². The van der Waals surface area contributed by atoms with Gasteiger partial charge in [0.25, 0.3) is 0 Å². The van der Waals surface area contributed by atoms with Gasteiger partial charge in [0, 0.05) is 6.04 Å². The van der Waals surface area contributed by atoms with Gasteiger partial charge in [-0.15, -0.1) is 0 Å². The van der Waals surface area contributed by atoms with Gasteiger partial charge in [0.1, 0.15) is 0 Å². The van der Waals surface area contributed by atoms with Gasteiger partial charge in [-0.05, 0) is 31.0 Å². The topological polar surface area (TPSA) is 35.2 Å². The third-order valence-electron chi connectivity index (χ3n) is 4.01. The van der Waals surface area contributed by atoms with Crippen LogP contribution < -0.4 is 5.73 Å². The van der Waals surface area contributed by atoms with Crippen LogP contribution in [0, 0.1) is 0 Å². The van der Waals surface area contributed by atoms with Gasteiger partial charge in [0.05, 0.1) is 6.10 Å². The second kappa shape index (κ2) is 4.56. The molecule has 15 heavy (non-hydrogen) atoms. The fraction of sp³-hybridized carbons (Fsp3) is 1.00. The summed E-state index contributed by atoms with van der Waals surface area (Å²) in [5.74, 6) is 0. The molecule has 0 aromatic rings. The third kappa shape index (κ3) is 3.30. The molecule has 0 heterocycles. The molecule has 1 fully saturated rings. The highest BCUT2D eigenvalue weighted by molar-refractivity contribution is 6.74. The van der Waals surface area contributed by atoms with Gasteiger partial charge in [-0.25, -0.2) is 0 Å². The molecule has 0 aliphatic heterocycles. The fourth-order valence-electron chi connectivity index (χ4n) is 1.83. The Morgan fingerprint density at radius 3 is 2.13 bits per heavy atom. The smallest absolute Gasteiger partial charge is 0.192 e. The molecule has 2 atom stereocenters. The maximum absolute atomic E-state index is 6.37. The Morgan fingerprint density at radius 2 is 1.67 bits per heavy atom. The highest BCUT2D eigenvalue weighted by atomic mass is 28.4. The summed E-state index contributed by atoms with van der Waals surface area (Å²) in [6.07, 6.45) is 5.18. The van der Waals surface area contributed by atoms with Crippen molar-refractivity contribution in [2.24, 2.45) is 5.73 Å².